The molecule has 0 radical (unpaired) electrons. The molecule has 1 aliphatic rings. The van der Waals surface area contributed by atoms with Gasteiger partial charge in [0.15, 0.2) is 0 Å². The molecule has 7 heteroatoms. The van der Waals surface area contributed by atoms with E-state index in [1.54, 1.807) is 11.3 Å². The number of thiophene rings is 1. The molecule has 5 nitrogen and oxygen atoms in total. The molecule has 0 aliphatic heterocycles. The van der Waals surface area contributed by atoms with E-state index < -0.39 is 0 Å². The summed E-state index contributed by atoms with van der Waals surface area (Å²) < 4.78 is 7.96. The zero-order valence-corrected chi connectivity index (χ0v) is 16.9. The smallest absolute Gasteiger partial charge is 0.277 e. The number of nitrogens with zero attached hydrogens (tertiary/aromatic N) is 4. The van der Waals surface area contributed by atoms with Gasteiger partial charge in [-0.3, -0.25) is 0 Å². The molecule has 0 saturated carbocycles. The van der Waals surface area contributed by atoms with Gasteiger partial charge in [0, 0.05) is 23.0 Å². The molecule has 5 rings (SSSR count). The Morgan fingerprint density at radius 1 is 1.30 bits per heavy atom. The van der Waals surface area contributed by atoms with Crippen LogP contribution in [0.15, 0.2) is 40.2 Å². The molecule has 0 aromatic carbocycles. The van der Waals surface area contributed by atoms with E-state index in [2.05, 4.69) is 58.0 Å². The summed E-state index contributed by atoms with van der Waals surface area (Å²) in [5.41, 5.74) is 4.64. The van der Waals surface area contributed by atoms with Crippen LogP contribution >= 0.6 is 23.1 Å². The quantitative estimate of drug-likeness (QED) is 0.445. The minimum absolute atomic E-state index is 0.595. The summed E-state index contributed by atoms with van der Waals surface area (Å²) in [6.45, 7) is 4.40. The Balaban J connectivity index is 1.30. The zero-order chi connectivity index (χ0) is 18.4. The lowest BCUT2D eigenvalue weighted by molar-refractivity contribution is 0.466. The lowest BCUT2D eigenvalue weighted by atomic mass is 9.90. The van der Waals surface area contributed by atoms with Crippen LogP contribution < -0.4 is 0 Å². The molecular weight excluding hydrogens is 376 g/mol. The van der Waals surface area contributed by atoms with Crippen molar-refractivity contribution >= 4 is 28.7 Å². The number of fused-ring (bicyclic) bond motifs is 2. The number of imidazole rings is 1. The summed E-state index contributed by atoms with van der Waals surface area (Å²) >= 11 is 3.33. The van der Waals surface area contributed by atoms with Gasteiger partial charge < -0.3 is 8.82 Å². The largest absolute Gasteiger partial charge is 0.410 e. The van der Waals surface area contributed by atoms with Crippen molar-refractivity contribution in [2.45, 2.75) is 44.1 Å². The zero-order valence-electron chi connectivity index (χ0n) is 15.3. The second-order valence-corrected chi connectivity index (χ2v) is 9.34. The van der Waals surface area contributed by atoms with Gasteiger partial charge in [-0.15, -0.1) is 21.5 Å². The van der Waals surface area contributed by atoms with E-state index in [0.29, 0.717) is 16.9 Å². The van der Waals surface area contributed by atoms with E-state index in [-0.39, 0.29) is 0 Å². The highest BCUT2D eigenvalue weighted by Crippen LogP contribution is 2.37. The van der Waals surface area contributed by atoms with Crippen LogP contribution in [0.1, 0.15) is 35.0 Å². The standard InChI is InChI=1S/C20H20N4OS2/c1-12-3-5-16-14(7-12)8-17(27-16)19-22-23-20(25-19)26-11-15-10-24-9-13(2)4-6-18(24)21-15/h4,6,8-10,12H,3,5,7,11H2,1-2H3/t12-/m0/s1. The minimum atomic E-state index is 0.595. The highest BCUT2D eigenvalue weighted by molar-refractivity contribution is 7.98. The number of rotatable bonds is 4. The Labute approximate surface area is 165 Å². The Kier molecular flexibility index (Phi) is 4.28. The van der Waals surface area contributed by atoms with Crippen molar-refractivity contribution in [3.63, 3.8) is 0 Å². The number of aryl methyl sites for hydroxylation is 2. The Hall–Kier alpha value is -2.12. The number of pyridine rings is 1. The second-order valence-electron chi connectivity index (χ2n) is 7.27. The van der Waals surface area contributed by atoms with Gasteiger partial charge >= 0.3 is 0 Å². The third-order valence-electron chi connectivity index (χ3n) is 4.94. The maximum Gasteiger partial charge on any atom is 0.277 e. The molecule has 1 atom stereocenters. The third-order valence-corrected chi connectivity index (χ3v) is 7.02. The highest BCUT2D eigenvalue weighted by Gasteiger charge is 2.21. The average Bonchev–Trinajstić information content (AvgIpc) is 3.36. The van der Waals surface area contributed by atoms with Crippen LogP contribution in [-0.2, 0) is 18.6 Å². The predicted molar refractivity (Wildman–Crippen MR) is 108 cm³/mol. The molecule has 138 valence electrons. The van der Waals surface area contributed by atoms with Gasteiger partial charge in [0.25, 0.3) is 11.1 Å². The summed E-state index contributed by atoms with van der Waals surface area (Å²) in [4.78, 5) is 7.22. The summed E-state index contributed by atoms with van der Waals surface area (Å²) in [6.07, 6.45) is 7.75. The molecule has 27 heavy (non-hydrogen) atoms. The van der Waals surface area contributed by atoms with E-state index in [1.165, 1.54) is 40.6 Å². The fraction of sp³-hybridized carbons (Fsp3) is 0.350. The van der Waals surface area contributed by atoms with Gasteiger partial charge in [0.2, 0.25) is 0 Å². The number of aromatic nitrogens is 4. The lowest BCUT2D eigenvalue weighted by Gasteiger charge is -2.16. The van der Waals surface area contributed by atoms with E-state index in [0.717, 1.165) is 28.6 Å². The van der Waals surface area contributed by atoms with Crippen molar-refractivity contribution in [1.29, 1.82) is 0 Å². The SMILES string of the molecule is Cc1ccc2nc(CSc3nnc(-c4cc5c(s4)CC[C@H](C)C5)o3)cn2c1. The van der Waals surface area contributed by atoms with Gasteiger partial charge in [-0.2, -0.15) is 0 Å². The topological polar surface area (TPSA) is 56.2 Å². The van der Waals surface area contributed by atoms with Crippen LogP contribution in [0, 0.1) is 12.8 Å². The second kappa shape index (κ2) is 6.80. The molecule has 0 fully saturated rings. The predicted octanol–water partition coefficient (Wildman–Crippen LogP) is 5.17. The van der Waals surface area contributed by atoms with Crippen LogP contribution in [0.5, 0.6) is 0 Å². The first-order valence-corrected chi connectivity index (χ1v) is 11.0. The monoisotopic (exact) mass is 396 g/mol. The van der Waals surface area contributed by atoms with E-state index in [1.807, 2.05) is 6.07 Å². The van der Waals surface area contributed by atoms with E-state index in [4.69, 9.17) is 4.42 Å². The van der Waals surface area contributed by atoms with Gasteiger partial charge in [0.05, 0.1) is 10.6 Å². The average molecular weight is 397 g/mol. The molecule has 0 saturated heterocycles. The van der Waals surface area contributed by atoms with E-state index in [9.17, 15) is 0 Å². The van der Waals surface area contributed by atoms with Crippen LogP contribution in [-0.4, -0.2) is 19.6 Å². The summed E-state index contributed by atoms with van der Waals surface area (Å²) in [5.74, 6) is 2.11. The number of thioether (sulfide) groups is 1. The van der Waals surface area contributed by atoms with Gasteiger partial charge in [-0.25, -0.2) is 4.98 Å². The van der Waals surface area contributed by atoms with Crippen LogP contribution in [0.25, 0.3) is 16.4 Å². The van der Waals surface area contributed by atoms with Crippen molar-refractivity contribution in [2.24, 2.45) is 5.92 Å². The molecule has 0 N–H and O–H groups in total. The summed E-state index contributed by atoms with van der Waals surface area (Å²) in [7, 11) is 0. The molecular formula is C20H20N4OS2. The van der Waals surface area contributed by atoms with Gasteiger partial charge in [-0.1, -0.05) is 24.8 Å². The first kappa shape index (κ1) is 17.0. The van der Waals surface area contributed by atoms with Gasteiger partial charge in [-0.05, 0) is 55.4 Å². The van der Waals surface area contributed by atoms with Gasteiger partial charge in [0.1, 0.15) is 5.65 Å². The summed E-state index contributed by atoms with van der Waals surface area (Å²) in [6, 6.07) is 6.35. The first-order valence-electron chi connectivity index (χ1n) is 9.16. The van der Waals surface area contributed by atoms with Crippen LogP contribution in [0.2, 0.25) is 0 Å². The Bertz CT molecular complexity index is 1110. The minimum Gasteiger partial charge on any atom is -0.410 e. The lowest BCUT2D eigenvalue weighted by Crippen LogP contribution is -2.07. The maximum atomic E-state index is 5.91. The third kappa shape index (κ3) is 3.41. The molecule has 4 aromatic rings. The molecule has 0 bridgehead atoms. The van der Waals surface area contributed by atoms with Crippen LogP contribution in [0.3, 0.4) is 0 Å². The van der Waals surface area contributed by atoms with Crippen molar-refractivity contribution in [1.82, 2.24) is 19.6 Å². The highest BCUT2D eigenvalue weighted by atomic mass is 32.2. The maximum absolute atomic E-state index is 5.91. The first-order chi connectivity index (χ1) is 13.1. The summed E-state index contributed by atoms with van der Waals surface area (Å²) in [5, 5.41) is 9.07. The van der Waals surface area contributed by atoms with Crippen LogP contribution in [0.4, 0.5) is 0 Å². The fourth-order valence-electron chi connectivity index (χ4n) is 3.54. The van der Waals surface area contributed by atoms with Crippen molar-refractivity contribution in [2.75, 3.05) is 0 Å². The Morgan fingerprint density at radius 2 is 2.22 bits per heavy atom. The molecule has 0 amide bonds. The molecule has 0 spiro atoms. The molecule has 4 aromatic heterocycles. The molecule has 1 aliphatic carbocycles. The van der Waals surface area contributed by atoms with Crippen molar-refractivity contribution < 1.29 is 4.42 Å². The fourth-order valence-corrected chi connectivity index (χ4v) is 5.32. The number of hydrogen-bond acceptors (Lipinski definition) is 6. The van der Waals surface area contributed by atoms with Crippen molar-refractivity contribution in [3.05, 3.63) is 52.3 Å². The Morgan fingerprint density at radius 3 is 3.15 bits per heavy atom. The van der Waals surface area contributed by atoms with E-state index >= 15 is 0 Å². The number of hydrogen-bond donors (Lipinski definition) is 0. The van der Waals surface area contributed by atoms with Crippen molar-refractivity contribution in [3.8, 4) is 10.8 Å². The molecule has 4 heterocycles. The molecule has 0 unspecified atom stereocenters. The normalized spacial score (nSPS) is 16.7.